The molecule has 5 heterocycles. The number of ether oxygens (including phenoxy) is 1. The van der Waals surface area contributed by atoms with E-state index >= 15 is 4.39 Å². The molecule has 1 aromatic carbocycles. The molecule has 0 spiro atoms. The summed E-state index contributed by atoms with van der Waals surface area (Å²) in [5.74, 6) is -0.0261. The van der Waals surface area contributed by atoms with Gasteiger partial charge in [-0.05, 0) is 94.3 Å². The van der Waals surface area contributed by atoms with Gasteiger partial charge in [-0.2, -0.15) is 0 Å². The molecule has 0 unspecified atom stereocenters. The summed E-state index contributed by atoms with van der Waals surface area (Å²) in [6.45, 7) is 2.66. The molecule has 45 heavy (non-hydrogen) atoms. The smallest absolute Gasteiger partial charge is 0.338 e. The van der Waals surface area contributed by atoms with Crippen LogP contribution >= 0.6 is 0 Å². The molecule has 5 aromatic rings. The Morgan fingerprint density at radius 2 is 1.80 bits per heavy atom. The summed E-state index contributed by atoms with van der Waals surface area (Å²) < 4.78 is 24.7. The average molecular weight is 607 g/mol. The van der Waals surface area contributed by atoms with E-state index < -0.39 is 11.8 Å². The van der Waals surface area contributed by atoms with Crippen LogP contribution in [-0.2, 0) is 17.7 Å². The van der Waals surface area contributed by atoms with Gasteiger partial charge in [-0.15, -0.1) is 0 Å². The van der Waals surface area contributed by atoms with Gasteiger partial charge >= 0.3 is 5.97 Å². The zero-order chi connectivity index (χ0) is 30.8. The van der Waals surface area contributed by atoms with Crippen LogP contribution in [0.3, 0.4) is 0 Å². The molecule has 2 fully saturated rings. The number of carbonyl (C=O) groups excluding carboxylic acids is 2. The van der Waals surface area contributed by atoms with Gasteiger partial charge in [-0.25, -0.2) is 19.2 Å². The summed E-state index contributed by atoms with van der Waals surface area (Å²) in [6.07, 6.45) is 7.70. The van der Waals surface area contributed by atoms with Crippen molar-refractivity contribution in [2.45, 2.75) is 82.8 Å². The molecular formula is C35H35FN6O3. The molecule has 9 nitrogen and oxygen atoms in total. The lowest BCUT2D eigenvalue weighted by Crippen LogP contribution is -2.28. The maximum absolute atomic E-state index is 15.6. The highest BCUT2D eigenvalue weighted by Crippen LogP contribution is 2.43. The Morgan fingerprint density at radius 3 is 2.58 bits per heavy atom. The second kappa shape index (κ2) is 10.8. The van der Waals surface area contributed by atoms with Crippen molar-refractivity contribution in [3.8, 4) is 11.5 Å². The van der Waals surface area contributed by atoms with E-state index in [-0.39, 0.29) is 23.6 Å². The molecule has 1 atom stereocenters. The predicted molar refractivity (Wildman–Crippen MR) is 168 cm³/mol. The monoisotopic (exact) mass is 606 g/mol. The van der Waals surface area contributed by atoms with Crippen molar-refractivity contribution in [3.63, 3.8) is 0 Å². The number of hydrogen-bond donors (Lipinski definition) is 1. The quantitative estimate of drug-likeness (QED) is 0.226. The Bertz CT molecular complexity index is 2000. The summed E-state index contributed by atoms with van der Waals surface area (Å²) in [4.78, 5) is 40.7. The molecule has 3 aliphatic rings. The van der Waals surface area contributed by atoms with Crippen molar-refractivity contribution in [2.24, 2.45) is 0 Å². The predicted octanol–water partition coefficient (Wildman–Crippen LogP) is 6.80. The van der Waals surface area contributed by atoms with Gasteiger partial charge in [0.05, 0.1) is 46.9 Å². The summed E-state index contributed by atoms with van der Waals surface area (Å²) in [5.41, 5.74) is 6.02. The van der Waals surface area contributed by atoms with Crippen LogP contribution in [0.1, 0.15) is 108 Å². The molecule has 2 saturated carbocycles. The van der Waals surface area contributed by atoms with Crippen LogP contribution in [0.5, 0.6) is 0 Å². The number of rotatable bonds is 4. The number of pyridine rings is 2. The van der Waals surface area contributed by atoms with E-state index in [1.165, 1.54) is 26.0 Å². The molecular weight excluding hydrogens is 571 g/mol. The minimum absolute atomic E-state index is 0.131. The highest BCUT2D eigenvalue weighted by Gasteiger charge is 2.32. The number of methoxy groups -OCH3 is 1. The molecule has 0 saturated heterocycles. The van der Waals surface area contributed by atoms with E-state index in [1.807, 2.05) is 35.8 Å². The molecule has 8 rings (SSSR count). The van der Waals surface area contributed by atoms with Gasteiger partial charge in [0.2, 0.25) is 0 Å². The van der Waals surface area contributed by atoms with Crippen molar-refractivity contribution in [1.29, 1.82) is 0 Å². The van der Waals surface area contributed by atoms with Gasteiger partial charge < -0.3 is 19.2 Å². The van der Waals surface area contributed by atoms with Crippen LogP contribution in [0.4, 0.5) is 4.39 Å². The lowest BCUT2D eigenvalue weighted by Gasteiger charge is -2.18. The molecule has 2 aliphatic carbocycles. The van der Waals surface area contributed by atoms with Crippen LogP contribution in [-0.4, -0.2) is 43.1 Å². The molecule has 1 amide bonds. The minimum Gasteiger partial charge on any atom is -0.465 e. The molecule has 230 valence electrons. The maximum Gasteiger partial charge on any atom is 0.338 e. The first-order valence-electron chi connectivity index (χ1n) is 16.0. The Kier molecular flexibility index (Phi) is 6.69. The van der Waals surface area contributed by atoms with Gasteiger partial charge in [0.1, 0.15) is 17.0 Å². The molecule has 0 radical (unpaired) electrons. The van der Waals surface area contributed by atoms with Gasteiger partial charge in [-0.1, -0.05) is 6.42 Å². The van der Waals surface area contributed by atoms with Gasteiger partial charge in [-0.3, -0.25) is 9.78 Å². The Hall–Kier alpha value is -4.60. The van der Waals surface area contributed by atoms with E-state index in [2.05, 4.69) is 16.0 Å². The van der Waals surface area contributed by atoms with Crippen LogP contribution < -0.4 is 5.32 Å². The van der Waals surface area contributed by atoms with Crippen LogP contribution in [0.15, 0.2) is 42.5 Å². The standard InChI is InChI=1S/C35H35FN6O3/c1-19-26-13-9-21-18-30(33-40-29-17-22(35(44)45-2)16-25(36)31(29)42(33)23-10-11-23)41(32(21)39-26)15-5-3-4-6-28-24(34(43)37-19)12-14-27(38-28)20-7-8-20/h9,12-14,16-20,23H,3-8,10-11,15H2,1-2H3,(H,37,43)/t19-/m1/s1. The SMILES string of the molecule is COC(=O)c1cc(F)c2c(c1)nc(-c1cc3ccc4nc3n1CCCCCc1nc(C3CC3)ccc1C(=O)N[C@@H]4C)n2C1CC1. The fraction of sp³-hybridized carbons (Fsp3) is 0.400. The van der Waals surface area contributed by atoms with E-state index in [1.54, 1.807) is 6.07 Å². The van der Waals surface area contributed by atoms with E-state index in [0.717, 1.165) is 72.3 Å². The molecule has 1 N–H and O–H groups in total. The third-order valence-electron chi connectivity index (χ3n) is 9.39. The number of halogens is 1. The Labute approximate surface area is 259 Å². The normalized spacial score (nSPS) is 19.0. The number of nitrogens with one attached hydrogen (secondary N) is 1. The van der Waals surface area contributed by atoms with Gasteiger partial charge in [0.25, 0.3) is 5.91 Å². The average Bonchev–Trinajstić information content (AvgIpc) is 3.98. The summed E-state index contributed by atoms with van der Waals surface area (Å²) in [7, 11) is 1.29. The second-order valence-electron chi connectivity index (χ2n) is 12.7. The maximum atomic E-state index is 15.6. The largest absolute Gasteiger partial charge is 0.465 e. The summed E-state index contributed by atoms with van der Waals surface area (Å²) in [5, 5.41) is 4.11. The van der Waals surface area contributed by atoms with Crippen molar-refractivity contribution < 1.29 is 18.7 Å². The van der Waals surface area contributed by atoms with Crippen molar-refractivity contribution >= 4 is 33.9 Å². The van der Waals surface area contributed by atoms with Gasteiger partial charge in [0, 0.05) is 29.6 Å². The van der Waals surface area contributed by atoms with Crippen LogP contribution in [0, 0.1) is 5.82 Å². The second-order valence-corrected chi connectivity index (χ2v) is 12.7. The highest BCUT2D eigenvalue weighted by molar-refractivity contribution is 5.96. The number of aryl methyl sites for hydroxylation is 2. The number of hydrogen-bond acceptors (Lipinski definition) is 6. The van der Waals surface area contributed by atoms with E-state index in [9.17, 15) is 9.59 Å². The van der Waals surface area contributed by atoms with Crippen LogP contribution in [0.25, 0.3) is 33.6 Å². The van der Waals surface area contributed by atoms with E-state index in [4.69, 9.17) is 19.7 Å². The highest BCUT2D eigenvalue weighted by atomic mass is 19.1. The number of nitrogens with zero attached hydrogens (tertiary/aromatic N) is 5. The number of carbonyl (C=O) groups is 2. The lowest BCUT2D eigenvalue weighted by atomic mass is 10.0. The topological polar surface area (TPSA) is 104 Å². The molecule has 10 heteroatoms. The lowest BCUT2D eigenvalue weighted by molar-refractivity contribution is 0.0600. The zero-order valence-electron chi connectivity index (χ0n) is 25.5. The number of benzene rings is 1. The van der Waals surface area contributed by atoms with Crippen LogP contribution in [0.2, 0.25) is 0 Å². The van der Waals surface area contributed by atoms with Crippen molar-refractivity contribution in [1.82, 2.24) is 29.4 Å². The third-order valence-corrected chi connectivity index (χ3v) is 9.39. The minimum atomic E-state index is -0.597. The van der Waals surface area contributed by atoms with E-state index in [0.29, 0.717) is 34.9 Å². The fourth-order valence-corrected chi connectivity index (χ4v) is 6.69. The number of aromatic nitrogens is 5. The molecule has 4 aromatic heterocycles. The van der Waals surface area contributed by atoms with Crippen molar-refractivity contribution in [2.75, 3.05) is 7.11 Å². The number of imidazole rings is 1. The summed E-state index contributed by atoms with van der Waals surface area (Å²) >= 11 is 0. The molecule has 1 aliphatic heterocycles. The number of esters is 1. The first-order valence-corrected chi connectivity index (χ1v) is 16.0. The summed E-state index contributed by atoms with van der Waals surface area (Å²) in [6, 6.07) is 12.7. The van der Waals surface area contributed by atoms with Crippen molar-refractivity contribution in [3.05, 3.63) is 76.5 Å². The third kappa shape index (κ3) is 4.96. The Morgan fingerprint density at radius 1 is 0.978 bits per heavy atom. The number of fused-ring (bicyclic) bond motifs is 3. The number of amides is 1. The zero-order valence-corrected chi connectivity index (χ0v) is 25.5. The fourth-order valence-electron chi connectivity index (χ4n) is 6.69. The first-order chi connectivity index (χ1) is 21.9. The Balaban J connectivity index is 1.22. The molecule has 2 bridgehead atoms. The first kappa shape index (κ1) is 27.9. The van der Waals surface area contributed by atoms with Gasteiger partial charge in [0.15, 0.2) is 5.82 Å².